The first-order chi connectivity index (χ1) is 12.7. The molecule has 0 radical (unpaired) electrons. The lowest BCUT2D eigenvalue weighted by molar-refractivity contribution is -0.113. The lowest BCUT2D eigenvalue weighted by Crippen LogP contribution is -2.30. The standard InChI is InChI=1S/C20H20N2O3S/c1-25-15-7-4-13(5-8-15)17-3-2-10-22(17)20(24)14-6-9-18-16(11-14)21-19(23)12-26-18/h4-9,11,17H,2-3,10,12H2,1H3,(H,21,23)/t17-/m0/s1. The van der Waals surface area contributed by atoms with Gasteiger partial charge in [0.2, 0.25) is 5.91 Å². The number of hydrogen-bond acceptors (Lipinski definition) is 4. The molecule has 1 N–H and O–H groups in total. The van der Waals surface area contributed by atoms with E-state index in [1.807, 2.05) is 41.3 Å². The lowest BCUT2D eigenvalue weighted by Gasteiger charge is -2.26. The van der Waals surface area contributed by atoms with Crippen LogP contribution >= 0.6 is 11.8 Å². The molecule has 134 valence electrons. The second kappa shape index (κ2) is 7.03. The summed E-state index contributed by atoms with van der Waals surface area (Å²) in [6, 6.07) is 13.6. The van der Waals surface area contributed by atoms with Crippen LogP contribution in [0, 0.1) is 0 Å². The van der Waals surface area contributed by atoms with E-state index in [9.17, 15) is 9.59 Å². The van der Waals surface area contributed by atoms with Gasteiger partial charge in [0.25, 0.3) is 5.91 Å². The van der Waals surface area contributed by atoms with Crippen LogP contribution in [-0.2, 0) is 4.79 Å². The Morgan fingerprint density at radius 2 is 2.04 bits per heavy atom. The van der Waals surface area contributed by atoms with Crippen LogP contribution < -0.4 is 10.1 Å². The first-order valence-corrected chi connectivity index (χ1v) is 9.66. The van der Waals surface area contributed by atoms with Gasteiger partial charge in [-0.15, -0.1) is 11.8 Å². The van der Waals surface area contributed by atoms with Crippen molar-refractivity contribution in [2.75, 3.05) is 24.7 Å². The van der Waals surface area contributed by atoms with E-state index < -0.39 is 0 Å². The van der Waals surface area contributed by atoms with Crippen molar-refractivity contribution >= 4 is 29.3 Å². The summed E-state index contributed by atoms with van der Waals surface area (Å²) >= 11 is 1.50. The largest absolute Gasteiger partial charge is 0.497 e. The minimum atomic E-state index is -0.0237. The fraction of sp³-hybridized carbons (Fsp3) is 0.300. The molecule has 0 bridgehead atoms. The number of ether oxygens (including phenoxy) is 1. The van der Waals surface area contributed by atoms with Crippen molar-refractivity contribution in [3.8, 4) is 5.75 Å². The highest BCUT2D eigenvalue weighted by Gasteiger charge is 2.31. The van der Waals surface area contributed by atoms with Crippen LogP contribution in [-0.4, -0.2) is 36.1 Å². The maximum atomic E-state index is 13.1. The molecule has 1 fully saturated rings. The van der Waals surface area contributed by atoms with Crippen LogP contribution in [0.1, 0.15) is 34.8 Å². The van der Waals surface area contributed by atoms with Crippen molar-refractivity contribution in [2.24, 2.45) is 0 Å². The Kier molecular flexibility index (Phi) is 4.59. The summed E-state index contributed by atoms with van der Waals surface area (Å²) in [5, 5.41) is 2.86. The van der Waals surface area contributed by atoms with Gasteiger partial charge in [-0.1, -0.05) is 12.1 Å². The van der Waals surface area contributed by atoms with Gasteiger partial charge in [-0.25, -0.2) is 0 Å². The Morgan fingerprint density at radius 1 is 1.23 bits per heavy atom. The molecule has 4 rings (SSSR count). The summed E-state index contributed by atoms with van der Waals surface area (Å²) in [7, 11) is 1.65. The molecule has 0 saturated carbocycles. The Morgan fingerprint density at radius 3 is 2.81 bits per heavy atom. The molecule has 6 heteroatoms. The molecule has 2 aliphatic rings. The molecule has 26 heavy (non-hydrogen) atoms. The third-order valence-corrected chi connectivity index (χ3v) is 5.95. The van der Waals surface area contributed by atoms with Gasteiger partial charge in [-0.3, -0.25) is 9.59 Å². The first kappa shape index (κ1) is 17.0. The van der Waals surface area contributed by atoms with E-state index in [1.165, 1.54) is 11.8 Å². The van der Waals surface area contributed by atoms with Crippen LogP contribution in [0.15, 0.2) is 47.4 Å². The maximum absolute atomic E-state index is 13.1. The zero-order valence-corrected chi connectivity index (χ0v) is 15.3. The molecule has 2 heterocycles. The number of likely N-dealkylation sites (tertiary alicyclic amines) is 1. The van der Waals surface area contributed by atoms with Gasteiger partial charge >= 0.3 is 0 Å². The highest BCUT2D eigenvalue weighted by molar-refractivity contribution is 8.00. The molecule has 2 aromatic carbocycles. The third kappa shape index (κ3) is 3.17. The fourth-order valence-corrected chi connectivity index (χ4v) is 4.35. The van der Waals surface area contributed by atoms with Crippen molar-refractivity contribution in [1.82, 2.24) is 4.90 Å². The Balaban J connectivity index is 1.58. The molecular weight excluding hydrogens is 348 g/mol. The van der Waals surface area contributed by atoms with Gasteiger partial charge in [-0.05, 0) is 48.7 Å². The van der Waals surface area contributed by atoms with E-state index in [2.05, 4.69) is 5.32 Å². The average Bonchev–Trinajstić information content (AvgIpc) is 3.16. The molecule has 2 aliphatic heterocycles. The maximum Gasteiger partial charge on any atom is 0.254 e. The van der Waals surface area contributed by atoms with E-state index >= 15 is 0 Å². The second-order valence-corrected chi connectivity index (χ2v) is 7.49. The number of thioether (sulfide) groups is 1. The van der Waals surface area contributed by atoms with Gasteiger partial charge in [0.05, 0.1) is 24.6 Å². The molecule has 0 spiro atoms. The quantitative estimate of drug-likeness (QED) is 0.897. The number of rotatable bonds is 3. The van der Waals surface area contributed by atoms with Crippen molar-refractivity contribution in [1.29, 1.82) is 0 Å². The number of anilines is 1. The molecular formula is C20H20N2O3S. The van der Waals surface area contributed by atoms with Crippen molar-refractivity contribution in [2.45, 2.75) is 23.8 Å². The number of benzene rings is 2. The molecule has 2 aromatic rings. The smallest absolute Gasteiger partial charge is 0.254 e. The highest BCUT2D eigenvalue weighted by atomic mass is 32.2. The summed E-state index contributed by atoms with van der Waals surface area (Å²) in [5.74, 6) is 1.22. The molecule has 0 aliphatic carbocycles. The van der Waals surface area contributed by atoms with Crippen molar-refractivity contribution in [3.05, 3.63) is 53.6 Å². The predicted octanol–water partition coefficient (Wildman–Crippen LogP) is 3.72. The molecule has 1 atom stereocenters. The summed E-state index contributed by atoms with van der Waals surface area (Å²) in [4.78, 5) is 27.7. The number of nitrogens with zero attached hydrogens (tertiary/aromatic N) is 1. The van der Waals surface area contributed by atoms with Gasteiger partial charge in [0.1, 0.15) is 5.75 Å². The molecule has 0 aromatic heterocycles. The Bertz CT molecular complexity index is 851. The van der Waals surface area contributed by atoms with E-state index in [-0.39, 0.29) is 17.9 Å². The zero-order chi connectivity index (χ0) is 18.1. The first-order valence-electron chi connectivity index (χ1n) is 8.67. The summed E-state index contributed by atoms with van der Waals surface area (Å²) in [6.45, 7) is 0.744. The van der Waals surface area contributed by atoms with Crippen LogP contribution in [0.25, 0.3) is 0 Å². The van der Waals surface area contributed by atoms with E-state index in [0.717, 1.165) is 41.3 Å². The van der Waals surface area contributed by atoms with E-state index in [4.69, 9.17) is 4.74 Å². The van der Waals surface area contributed by atoms with Gasteiger partial charge in [-0.2, -0.15) is 0 Å². The highest BCUT2D eigenvalue weighted by Crippen LogP contribution is 2.36. The normalized spacial score (nSPS) is 19.0. The fourth-order valence-electron chi connectivity index (χ4n) is 3.56. The molecule has 0 unspecified atom stereocenters. The minimum Gasteiger partial charge on any atom is -0.497 e. The van der Waals surface area contributed by atoms with Crippen LogP contribution in [0.3, 0.4) is 0 Å². The minimum absolute atomic E-state index is 0.0101. The summed E-state index contributed by atoms with van der Waals surface area (Å²) < 4.78 is 5.22. The van der Waals surface area contributed by atoms with Crippen molar-refractivity contribution < 1.29 is 14.3 Å². The summed E-state index contributed by atoms with van der Waals surface area (Å²) in [6.07, 6.45) is 1.94. The van der Waals surface area contributed by atoms with Crippen molar-refractivity contribution in [3.63, 3.8) is 0 Å². The SMILES string of the molecule is COc1ccc([C@@H]2CCCN2C(=O)c2ccc3c(c2)NC(=O)CS3)cc1. The van der Waals surface area contributed by atoms with Crippen LogP contribution in [0.2, 0.25) is 0 Å². The van der Waals surface area contributed by atoms with Gasteiger partial charge in [0.15, 0.2) is 0 Å². The number of amides is 2. The zero-order valence-electron chi connectivity index (χ0n) is 14.5. The molecule has 2 amide bonds. The predicted molar refractivity (Wildman–Crippen MR) is 102 cm³/mol. The lowest BCUT2D eigenvalue weighted by atomic mass is 10.0. The summed E-state index contributed by atoms with van der Waals surface area (Å²) in [5.41, 5.74) is 2.47. The third-order valence-electron chi connectivity index (χ3n) is 4.87. The number of nitrogens with one attached hydrogen (secondary N) is 1. The van der Waals surface area contributed by atoms with Crippen LogP contribution in [0.4, 0.5) is 5.69 Å². The Labute approximate surface area is 156 Å². The molecule has 1 saturated heterocycles. The van der Waals surface area contributed by atoms with Crippen LogP contribution in [0.5, 0.6) is 5.75 Å². The monoisotopic (exact) mass is 368 g/mol. The van der Waals surface area contributed by atoms with E-state index in [0.29, 0.717) is 11.3 Å². The second-order valence-electron chi connectivity index (χ2n) is 6.48. The average molecular weight is 368 g/mol. The van der Waals surface area contributed by atoms with Gasteiger partial charge < -0.3 is 15.0 Å². The van der Waals surface area contributed by atoms with Gasteiger partial charge in [0, 0.05) is 17.0 Å². The number of methoxy groups -OCH3 is 1. The number of carbonyl (C=O) groups is 2. The van der Waals surface area contributed by atoms with E-state index in [1.54, 1.807) is 13.2 Å². The number of fused-ring (bicyclic) bond motifs is 1. The molecule has 5 nitrogen and oxygen atoms in total. The Hall–Kier alpha value is -2.47. The number of carbonyl (C=O) groups excluding carboxylic acids is 2. The topological polar surface area (TPSA) is 58.6 Å². The number of hydrogen-bond donors (Lipinski definition) is 1.